The molecule has 1 aromatic rings. The van der Waals surface area contributed by atoms with Crippen LogP contribution in [0.3, 0.4) is 0 Å². The van der Waals surface area contributed by atoms with Crippen LogP contribution in [-0.4, -0.2) is 46.0 Å². The summed E-state index contributed by atoms with van der Waals surface area (Å²) < 4.78 is 5.09. The normalized spacial score (nSPS) is 24.1. The van der Waals surface area contributed by atoms with E-state index in [1.165, 1.54) is 18.2 Å². The molecule has 136 valence electrons. The Bertz CT molecular complexity index is 825. The lowest BCUT2D eigenvalue weighted by atomic mass is 10.2. The topological polar surface area (TPSA) is 99.5 Å². The van der Waals surface area contributed by atoms with Gasteiger partial charge < -0.3 is 15.0 Å². The molecule has 7 nitrogen and oxygen atoms in total. The van der Waals surface area contributed by atoms with Crippen molar-refractivity contribution in [3.63, 3.8) is 0 Å². The second-order valence-corrected chi connectivity index (χ2v) is 8.14. The number of carbonyl (C=O) groups excluding carboxylic acids is 3. The molecular weight excluding hydrogens is 378 g/mol. The van der Waals surface area contributed by atoms with Gasteiger partial charge in [0.15, 0.2) is 6.61 Å². The number of benzene rings is 1. The van der Waals surface area contributed by atoms with Gasteiger partial charge in [-0.3, -0.25) is 9.59 Å². The third-order valence-electron chi connectivity index (χ3n) is 4.44. The average molecular weight is 394 g/mol. The van der Waals surface area contributed by atoms with Gasteiger partial charge in [-0.15, -0.1) is 11.8 Å². The first kappa shape index (κ1) is 18.5. The average Bonchev–Trinajstić information content (AvgIpc) is 3.09. The molecule has 26 heavy (non-hydrogen) atoms. The van der Waals surface area contributed by atoms with Crippen molar-refractivity contribution in [3.8, 4) is 6.07 Å². The van der Waals surface area contributed by atoms with E-state index in [0.717, 1.165) is 0 Å². The molecule has 2 fully saturated rings. The number of carbonyl (C=O) groups is 3. The van der Waals surface area contributed by atoms with Crippen molar-refractivity contribution in [2.24, 2.45) is 0 Å². The van der Waals surface area contributed by atoms with Crippen LogP contribution < -0.4 is 5.32 Å². The molecule has 2 saturated heterocycles. The van der Waals surface area contributed by atoms with Crippen LogP contribution in [0.15, 0.2) is 18.2 Å². The van der Waals surface area contributed by atoms with Gasteiger partial charge in [0, 0.05) is 17.9 Å². The summed E-state index contributed by atoms with van der Waals surface area (Å²) in [4.78, 5) is 37.5. The predicted octanol–water partition coefficient (Wildman–Crippen LogP) is 2.15. The van der Waals surface area contributed by atoms with Crippen LogP contribution in [0.25, 0.3) is 0 Å². The van der Waals surface area contributed by atoms with Crippen molar-refractivity contribution in [3.05, 3.63) is 28.8 Å². The van der Waals surface area contributed by atoms with Gasteiger partial charge in [0.1, 0.15) is 12.1 Å². The molecule has 0 radical (unpaired) electrons. The van der Waals surface area contributed by atoms with E-state index in [9.17, 15) is 14.4 Å². The molecular formula is C17H16ClN3O4S. The van der Waals surface area contributed by atoms with Crippen LogP contribution in [0.2, 0.25) is 5.02 Å². The van der Waals surface area contributed by atoms with Gasteiger partial charge in [0.05, 0.1) is 15.5 Å². The summed E-state index contributed by atoms with van der Waals surface area (Å²) in [5, 5.41) is 11.6. The third kappa shape index (κ3) is 3.50. The number of halogens is 1. The van der Waals surface area contributed by atoms with Gasteiger partial charge in [-0.25, -0.2) is 4.79 Å². The summed E-state index contributed by atoms with van der Waals surface area (Å²) in [6.07, 6.45) is 1.13. The Hall–Kier alpha value is -2.24. The molecule has 2 amide bonds. The monoisotopic (exact) mass is 393 g/mol. The number of nitriles is 1. The highest BCUT2D eigenvalue weighted by atomic mass is 35.5. The molecule has 9 heteroatoms. The number of esters is 1. The number of ether oxygens (including phenoxy) is 1. The molecule has 1 N–H and O–H groups in total. The zero-order valence-corrected chi connectivity index (χ0v) is 15.5. The number of anilines is 1. The fraction of sp³-hybridized carbons (Fsp3) is 0.412. The minimum Gasteiger partial charge on any atom is -0.454 e. The third-order valence-corrected chi connectivity index (χ3v) is 6.25. The van der Waals surface area contributed by atoms with Crippen molar-refractivity contribution < 1.29 is 19.1 Å². The van der Waals surface area contributed by atoms with E-state index >= 15 is 0 Å². The maximum atomic E-state index is 12.3. The van der Waals surface area contributed by atoms with E-state index in [-0.39, 0.29) is 15.8 Å². The number of fused-ring (bicyclic) bond motifs is 1. The second-order valence-electron chi connectivity index (χ2n) is 6.23. The molecule has 3 rings (SSSR count). The Labute approximate surface area is 159 Å². The number of nitrogens with zero attached hydrogens (tertiary/aromatic N) is 2. The minimum atomic E-state index is -0.655. The van der Waals surface area contributed by atoms with Crippen molar-refractivity contribution >= 4 is 46.8 Å². The summed E-state index contributed by atoms with van der Waals surface area (Å²) in [5.41, 5.74) is 0.696. The Morgan fingerprint density at radius 1 is 1.54 bits per heavy atom. The van der Waals surface area contributed by atoms with Gasteiger partial charge in [0.25, 0.3) is 5.91 Å². The lowest BCUT2D eigenvalue weighted by Gasteiger charge is -2.29. The number of hydrogen-bond donors (Lipinski definition) is 1. The largest absolute Gasteiger partial charge is 0.454 e. The molecule has 0 unspecified atom stereocenters. The zero-order valence-electron chi connectivity index (χ0n) is 14.0. The van der Waals surface area contributed by atoms with E-state index < -0.39 is 24.5 Å². The Kier molecular flexibility index (Phi) is 5.12. The first-order valence-electron chi connectivity index (χ1n) is 7.96. The number of rotatable bonds is 4. The number of amides is 2. The fourth-order valence-electron chi connectivity index (χ4n) is 3.11. The standard InChI is InChI=1S/C17H16ClN3O4S/c1-17-5-4-15(23)21(17)13(9-26-17)16(24)25-8-14(22)20-11-3-2-10(7-19)12(18)6-11/h2-3,6,13H,4-5,8-9H2,1H3,(H,20,22)/t13-,17-/m0/s1. The van der Waals surface area contributed by atoms with Gasteiger partial charge in [0.2, 0.25) is 5.91 Å². The molecule has 2 aliphatic rings. The van der Waals surface area contributed by atoms with Crippen molar-refractivity contribution in [2.75, 3.05) is 17.7 Å². The smallest absolute Gasteiger partial charge is 0.330 e. The van der Waals surface area contributed by atoms with Crippen LogP contribution in [-0.2, 0) is 19.1 Å². The van der Waals surface area contributed by atoms with Crippen molar-refractivity contribution in [2.45, 2.75) is 30.7 Å². The molecule has 0 aromatic heterocycles. The van der Waals surface area contributed by atoms with Crippen LogP contribution >= 0.6 is 23.4 Å². The van der Waals surface area contributed by atoms with Gasteiger partial charge in [-0.05, 0) is 31.5 Å². The maximum Gasteiger partial charge on any atom is 0.330 e. The minimum absolute atomic E-state index is 0.0591. The maximum absolute atomic E-state index is 12.3. The van der Waals surface area contributed by atoms with E-state index in [0.29, 0.717) is 29.8 Å². The summed E-state index contributed by atoms with van der Waals surface area (Å²) in [5.74, 6) is -0.700. The van der Waals surface area contributed by atoms with E-state index in [2.05, 4.69) is 5.32 Å². The highest BCUT2D eigenvalue weighted by Crippen LogP contribution is 2.47. The SMILES string of the molecule is C[C@]12CCC(=O)N1[C@H](C(=O)OCC(=O)Nc1ccc(C#N)c(Cl)c1)CS2. The van der Waals surface area contributed by atoms with Gasteiger partial charge >= 0.3 is 5.97 Å². The lowest BCUT2D eigenvalue weighted by molar-refractivity contribution is -0.155. The second kappa shape index (κ2) is 7.17. The highest BCUT2D eigenvalue weighted by molar-refractivity contribution is 8.01. The summed E-state index contributed by atoms with van der Waals surface area (Å²) in [6, 6.07) is 5.73. The first-order chi connectivity index (χ1) is 12.3. The van der Waals surface area contributed by atoms with E-state index in [1.54, 1.807) is 16.7 Å². The van der Waals surface area contributed by atoms with E-state index in [4.69, 9.17) is 21.6 Å². The molecule has 0 aliphatic carbocycles. The molecule has 0 bridgehead atoms. The van der Waals surface area contributed by atoms with Crippen molar-refractivity contribution in [1.29, 1.82) is 5.26 Å². The van der Waals surface area contributed by atoms with Crippen molar-refractivity contribution in [1.82, 2.24) is 4.90 Å². The quantitative estimate of drug-likeness (QED) is 0.787. The number of hydrogen-bond acceptors (Lipinski definition) is 6. The first-order valence-corrected chi connectivity index (χ1v) is 9.33. The molecule has 2 aliphatic heterocycles. The molecule has 2 heterocycles. The number of nitrogens with one attached hydrogen (secondary N) is 1. The predicted molar refractivity (Wildman–Crippen MR) is 96.5 cm³/mol. The Morgan fingerprint density at radius 2 is 2.31 bits per heavy atom. The summed E-state index contributed by atoms with van der Waals surface area (Å²) in [6.45, 7) is 1.48. The molecule has 0 saturated carbocycles. The van der Waals surface area contributed by atoms with Crippen LogP contribution in [0.5, 0.6) is 0 Å². The van der Waals surface area contributed by atoms with Gasteiger partial charge in [-0.1, -0.05) is 11.6 Å². The van der Waals surface area contributed by atoms with E-state index in [1.807, 2.05) is 13.0 Å². The number of thioether (sulfide) groups is 1. The summed E-state index contributed by atoms with van der Waals surface area (Å²) in [7, 11) is 0. The highest BCUT2D eigenvalue weighted by Gasteiger charge is 2.53. The summed E-state index contributed by atoms with van der Waals surface area (Å²) >= 11 is 7.47. The zero-order chi connectivity index (χ0) is 18.9. The van der Waals surface area contributed by atoms with Crippen LogP contribution in [0, 0.1) is 11.3 Å². The van der Waals surface area contributed by atoms with Crippen LogP contribution in [0.4, 0.5) is 5.69 Å². The lowest BCUT2D eigenvalue weighted by Crippen LogP contribution is -2.47. The Morgan fingerprint density at radius 3 is 3.00 bits per heavy atom. The Balaban J connectivity index is 1.55. The molecule has 2 atom stereocenters. The molecule has 0 spiro atoms. The molecule has 1 aromatic carbocycles. The van der Waals surface area contributed by atoms with Gasteiger partial charge in [-0.2, -0.15) is 5.26 Å². The fourth-order valence-corrected chi connectivity index (χ4v) is 4.75. The van der Waals surface area contributed by atoms with Crippen LogP contribution in [0.1, 0.15) is 25.3 Å².